The van der Waals surface area contributed by atoms with E-state index in [9.17, 15) is 4.79 Å². The third kappa shape index (κ3) is 2.18. The highest BCUT2D eigenvalue weighted by molar-refractivity contribution is 5.72. The van der Waals surface area contributed by atoms with Gasteiger partial charge < -0.3 is 9.47 Å². The van der Waals surface area contributed by atoms with Crippen molar-refractivity contribution in [2.75, 3.05) is 7.11 Å². The summed E-state index contributed by atoms with van der Waals surface area (Å²) in [6, 6.07) is 5.88. The molecule has 0 unspecified atom stereocenters. The molecule has 1 heterocycles. The molecular formula is C13H16O3. The minimum atomic E-state index is -0.210. The van der Waals surface area contributed by atoms with Gasteiger partial charge in [0.1, 0.15) is 11.4 Å². The van der Waals surface area contributed by atoms with E-state index in [1.807, 2.05) is 18.2 Å². The Morgan fingerprint density at radius 2 is 2.25 bits per heavy atom. The molecule has 0 N–H and O–H groups in total. The van der Waals surface area contributed by atoms with Gasteiger partial charge in [-0.05, 0) is 31.0 Å². The Labute approximate surface area is 95.4 Å². The van der Waals surface area contributed by atoms with Crippen molar-refractivity contribution in [3.8, 4) is 5.75 Å². The molecule has 0 atom stereocenters. The highest BCUT2D eigenvalue weighted by Gasteiger charge is 2.29. The minimum Gasteiger partial charge on any atom is -0.487 e. The first kappa shape index (κ1) is 11.0. The second kappa shape index (κ2) is 3.81. The van der Waals surface area contributed by atoms with Crippen LogP contribution in [-0.4, -0.2) is 18.7 Å². The summed E-state index contributed by atoms with van der Waals surface area (Å²) in [5, 5.41) is 0. The first-order valence-electron chi connectivity index (χ1n) is 5.38. The molecule has 1 aliphatic rings. The van der Waals surface area contributed by atoms with Gasteiger partial charge in [0.25, 0.3) is 0 Å². The summed E-state index contributed by atoms with van der Waals surface area (Å²) in [6.45, 7) is 4.12. The maximum Gasteiger partial charge on any atom is 0.309 e. The van der Waals surface area contributed by atoms with Crippen LogP contribution < -0.4 is 4.74 Å². The second-order valence-corrected chi connectivity index (χ2v) is 4.73. The molecular weight excluding hydrogens is 204 g/mol. The van der Waals surface area contributed by atoms with E-state index in [0.717, 1.165) is 17.7 Å². The van der Waals surface area contributed by atoms with Gasteiger partial charge in [0, 0.05) is 6.42 Å². The van der Waals surface area contributed by atoms with E-state index in [-0.39, 0.29) is 11.6 Å². The Morgan fingerprint density at radius 3 is 2.94 bits per heavy atom. The number of carbonyl (C=O) groups excluding carboxylic acids is 1. The molecule has 1 aliphatic heterocycles. The average Bonchev–Trinajstić information content (AvgIpc) is 2.51. The Morgan fingerprint density at radius 1 is 1.50 bits per heavy atom. The molecule has 2 rings (SSSR count). The molecule has 0 bridgehead atoms. The van der Waals surface area contributed by atoms with Gasteiger partial charge in [-0.3, -0.25) is 4.79 Å². The zero-order valence-corrected chi connectivity index (χ0v) is 9.87. The van der Waals surface area contributed by atoms with Crippen LogP contribution >= 0.6 is 0 Å². The highest BCUT2D eigenvalue weighted by Crippen LogP contribution is 2.35. The van der Waals surface area contributed by atoms with Gasteiger partial charge in [0.05, 0.1) is 13.5 Å². The van der Waals surface area contributed by atoms with Gasteiger partial charge in [0.15, 0.2) is 0 Å². The Bertz CT molecular complexity index is 421. The summed E-state index contributed by atoms with van der Waals surface area (Å²) in [4.78, 5) is 11.2. The SMILES string of the molecule is COC(=O)Cc1ccc2c(c1)CC(C)(C)O2. The normalized spacial score (nSPS) is 16.4. The highest BCUT2D eigenvalue weighted by atomic mass is 16.5. The van der Waals surface area contributed by atoms with E-state index in [2.05, 4.69) is 18.6 Å². The van der Waals surface area contributed by atoms with Gasteiger partial charge in [-0.25, -0.2) is 0 Å². The van der Waals surface area contributed by atoms with Crippen LogP contribution in [0.1, 0.15) is 25.0 Å². The lowest BCUT2D eigenvalue weighted by Gasteiger charge is -2.16. The lowest BCUT2D eigenvalue weighted by atomic mass is 9.99. The molecule has 0 saturated carbocycles. The molecule has 0 saturated heterocycles. The summed E-state index contributed by atoms with van der Waals surface area (Å²) in [6.07, 6.45) is 1.21. The largest absolute Gasteiger partial charge is 0.487 e. The quantitative estimate of drug-likeness (QED) is 0.716. The number of ether oxygens (including phenoxy) is 2. The van der Waals surface area contributed by atoms with Crippen LogP contribution in [0.3, 0.4) is 0 Å². The van der Waals surface area contributed by atoms with Crippen LogP contribution in [0.2, 0.25) is 0 Å². The third-order valence-corrected chi connectivity index (χ3v) is 2.70. The fourth-order valence-electron chi connectivity index (χ4n) is 2.01. The number of esters is 1. The molecule has 0 radical (unpaired) electrons. The number of hydrogen-bond donors (Lipinski definition) is 0. The standard InChI is InChI=1S/C13H16O3/c1-13(2)8-10-6-9(7-12(14)15-3)4-5-11(10)16-13/h4-6H,7-8H2,1-3H3. The third-order valence-electron chi connectivity index (χ3n) is 2.70. The molecule has 3 nitrogen and oxygen atoms in total. The number of hydrogen-bond acceptors (Lipinski definition) is 3. The second-order valence-electron chi connectivity index (χ2n) is 4.73. The minimum absolute atomic E-state index is 0.133. The van der Waals surface area contributed by atoms with Gasteiger partial charge in [-0.1, -0.05) is 12.1 Å². The van der Waals surface area contributed by atoms with Crippen molar-refractivity contribution in [3.05, 3.63) is 29.3 Å². The molecule has 0 aliphatic carbocycles. The van der Waals surface area contributed by atoms with Crippen molar-refractivity contribution in [1.29, 1.82) is 0 Å². The molecule has 0 spiro atoms. The molecule has 1 aromatic rings. The summed E-state index contributed by atoms with van der Waals surface area (Å²) in [5.74, 6) is 0.719. The van der Waals surface area contributed by atoms with Gasteiger partial charge in [-0.2, -0.15) is 0 Å². The summed E-state index contributed by atoms with van der Waals surface area (Å²) in [7, 11) is 1.40. The van der Waals surface area contributed by atoms with E-state index >= 15 is 0 Å². The molecule has 0 aromatic heterocycles. The van der Waals surface area contributed by atoms with Crippen LogP contribution in [0.15, 0.2) is 18.2 Å². The number of fused-ring (bicyclic) bond motifs is 1. The van der Waals surface area contributed by atoms with Gasteiger partial charge in [0.2, 0.25) is 0 Å². The number of methoxy groups -OCH3 is 1. The smallest absolute Gasteiger partial charge is 0.309 e. The van der Waals surface area contributed by atoms with Crippen LogP contribution in [0.5, 0.6) is 5.75 Å². The Balaban J connectivity index is 2.19. The predicted molar refractivity (Wildman–Crippen MR) is 60.6 cm³/mol. The molecule has 3 heteroatoms. The zero-order chi connectivity index (χ0) is 11.8. The van der Waals surface area contributed by atoms with Crippen molar-refractivity contribution >= 4 is 5.97 Å². The van der Waals surface area contributed by atoms with Crippen molar-refractivity contribution in [2.45, 2.75) is 32.3 Å². The van der Waals surface area contributed by atoms with Crippen LogP contribution in [0.25, 0.3) is 0 Å². The Hall–Kier alpha value is -1.51. The monoisotopic (exact) mass is 220 g/mol. The van der Waals surface area contributed by atoms with E-state index in [1.165, 1.54) is 12.7 Å². The van der Waals surface area contributed by atoms with Gasteiger partial charge >= 0.3 is 5.97 Å². The number of rotatable bonds is 2. The summed E-state index contributed by atoms with van der Waals surface area (Å²) in [5.41, 5.74) is 2.02. The predicted octanol–water partition coefficient (Wildman–Crippen LogP) is 2.12. The van der Waals surface area contributed by atoms with Crippen LogP contribution in [-0.2, 0) is 22.4 Å². The molecule has 16 heavy (non-hydrogen) atoms. The van der Waals surface area contributed by atoms with Gasteiger partial charge in [-0.15, -0.1) is 0 Å². The summed E-state index contributed by atoms with van der Waals surface area (Å²) >= 11 is 0. The maximum atomic E-state index is 11.2. The maximum absolute atomic E-state index is 11.2. The average molecular weight is 220 g/mol. The molecule has 0 fully saturated rings. The van der Waals surface area contributed by atoms with Crippen molar-refractivity contribution < 1.29 is 14.3 Å². The zero-order valence-electron chi connectivity index (χ0n) is 9.87. The number of carbonyl (C=O) groups is 1. The van der Waals surface area contributed by atoms with Crippen LogP contribution in [0.4, 0.5) is 0 Å². The molecule has 0 amide bonds. The fourth-order valence-corrected chi connectivity index (χ4v) is 2.01. The fraction of sp³-hybridized carbons (Fsp3) is 0.462. The van der Waals surface area contributed by atoms with E-state index < -0.39 is 0 Å². The first-order valence-corrected chi connectivity index (χ1v) is 5.38. The van der Waals surface area contributed by atoms with Crippen molar-refractivity contribution in [2.24, 2.45) is 0 Å². The van der Waals surface area contributed by atoms with E-state index in [4.69, 9.17) is 4.74 Å². The topological polar surface area (TPSA) is 35.5 Å². The van der Waals surface area contributed by atoms with Crippen molar-refractivity contribution in [1.82, 2.24) is 0 Å². The van der Waals surface area contributed by atoms with Crippen LogP contribution in [0, 0.1) is 0 Å². The molecule has 86 valence electrons. The number of benzene rings is 1. The lowest BCUT2D eigenvalue weighted by molar-refractivity contribution is -0.139. The summed E-state index contributed by atoms with van der Waals surface area (Å²) < 4.78 is 10.4. The van der Waals surface area contributed by atoms with E-state index in [0.29, 0.717) is 6.42 Å². The lowest BCUT2D eigenvalue weighted by Crippen LogP contribution is -2.24. The van der Waals surface area contributed by atoms with Crippen molar-refractivity contribution in [3.63, 3.8) is 0 Å². The Kier molecular flexibility index (Phi) is 2.62. The first-order chi connectivity index (χ1) is 7.50. The van der Waals surface area contributed by atoms with E-state index in [1.54, 1.807) is 0 Å². The molecule has 1 aromatic carbocycles.